The topological polar surface area (TPSA) is 108 Å². The third-order valence-corrected chi connectivity index (χ3v) is 3.39. The molecule has 0 fully saturated rings. The Hall–Kier alpha value is -3.55. The minimum atomic E-state index is -0.698. The molecule has 8 nitrogen and oxygen atoms in total. The summed E-state index contributed by atoms with van der Waals surface area (Å²) >= 11 is 0. The molecule has 8 heteroatoms. The first-order chi connectivity index (χ1) is 12.5. The lowest BCUT2D eigenvalue weighted by atomic mass is 10.1. The molecule has 0 atom stereocenters. The van der Waals surface area contributed by atoms with E-state index in [-0.39, 0.29) is 17.9 Å². The van der Waals surface area contributed by atoms with Gasteiger partial charge in [0.25, 0.3) is 5.91 Å². The molecule has 1 heterocycles. The van der Waals surface area contributed by atoms with Crippen molar-refractivity contribution in [3.63, 3.8) is 0 Å². The number of esters is 2. The molecule has 0 saturated carbocycles. The Kier molecular flexibility index (Phi) is 6.15. The zero-order valence-electron chi connectivity index (χ0n) is 14.3. The van der Waals surface area contributed by atoms with Crippen molar-refractivity contribution in [2.45, 2.75) is 0 Å². The van der Waals surface area contributed by atoms with Gasteiger partial charge in [-0.1, -0.05) is 6.08 Å². The maximum Gasteiger partial charge on any atom is 0.355 e. The summed E-state index contributed by atoms with van der Waals surface area (Å²) in [6, 6.07) is 6.53. The van der Waals surface area contributed by atoms with Gasteiger partial charge in [0.05, 0.1) is 19.8 Å². The number of anilines is 1. The van der Waals surface area contributed by atoms with E-state index in [1.807, 2.05) is 0 Å². The van der Waals surface area contributed by atoms with Crippen molar-refractivity contribution < 1.29 is 28.6 Å². The first-order valence-corrected chi connectivity index (χ1v) is 7.54. The Labute approximate surface area is 150 Å². The van der Waals surface area contributed by atoms with Gasteiger partial charge in [0.1, 0.15) is 11.4 Å². The van der Waals surface area contributed by atoms with E-state index in [0.29, 0.717) is 11.4 Å². The Morgan fingerprint density at radius 2 is 1.65 bits per heavy atom. The van der Waals surface area contributed by atoms with Gasteiger partial charge in [-0.2, -0.15) is 0 Å². The average Bonchev–Trinajstić information content (AvgIpc) is 2.88. The molecule has 1 amide bonds. The van der Waals surface area contributed by atoms with E-state index >= 15 is 0 Å². The highest BCUT2D eigenvalue weighted by Crippen LogP contribution is 2.27. The lowest BCUT2D eigenvalue weighted by Gasteiger charge is -2.23. The predicted octanol–water partition coefficient (Wildman–Crippen LogP) is 1.04. The van der Waals surface area contributed by atoms with Gasteiger partial charge in [0.2, 0.25) is 0 Å². The van der Waals surface area contributed by atoms with E-state index in [4.69, 9.17) is 19.9 Å². The van der Waals surface area contributed by atoms with Crippen LogP contribution in [0.3, 0.4) is 0 Å². The lowest BCUT2D eigenvalue weighted by Crippen LogP contribution is -2.26. The first-order valence-electron chi connectivity index (χ1n) is 7.54. The molecule has 0 aliphatic carbocycles. The highest BCUT2D eigenvalue weighted by atomic mass is 16.5. The molecule has 0 saturated heterocycles. The van der Waals surface area contributed by atoms with Crippen LogP contribution in [-0.2, 0) is 23.9 Å². The molecular formula is C18H18N2O6. The molecule has 1 aromatic rings. The Morgan fingerprint density at radius 1 is 1.00 bits per heavy atom. The Morgan fingerprint density at radius 3 is 2.23 bits per heavy atom. The van der Waals surface area contributed by atoms with Crippen LogP contribution in [0.4, 0.5) is 5.69 Å². The number of amides is 1. The maximum absolute atomic E-state index is 12.3. The maximum atomic E-state index is 12.3. The number of hydrogen-bond acceptors (Lipinski definition) is 7. The smallest absolute Gasteiger partial charge is 0.355 e. The number of allylic oxidation sites excluding steroid dienone is 2. The number of methoxy groups -OCH3 is 2. The number of benzene rings is 1. The molecule has 0 spiro atoms. The second kappa shape index (κ2) is 8.52. The van der Waals surface area contributed by atoms with Gasteiger partial charge >= 0.3 is 11.9 Å². The van der Waals surface area contributed by atoms with Crippen molar-refractivity contribution in [2.75, 3.05) is 25.7 Å². The highest BCUT2D eigenvalue weighted by molar-refractivity contribution is 6.05. The van der Waals surface area contributed by atoms with E-state index in [1.54, 1.807) is 42.6 Å². The van der Waals surface area contributed by atoms with E-state index in [1.165, 1.54) is 25.2 Å². The van der Waals surface area contributed by atoms with Crippen molar-refractivity contribution in [2.24, 2.45) is 5.73 Å². The first kappa shape index (κ1) is 18.8. The monoisotopic (exact) mass is 358 g/mol. The summed E-state index contributed by atoms with van der Waals surface area (Å²) in [4.78, 5) is 36.7. The van der Waals surface area contributed by atoms with Crippen molar-refractivity contribution in [3.05, 3.63) is 60.0 Å². The van der Waals surface area contributed by atoms with Crippen LogP contribution in [0.15, 0.2) is 60.0 Å². The predicted molar refractivity (Wildman–Crippen MR) is 92.9 cm³/mol. The quantitative estimate of drug-likeness (QED) is 0.757. The summed E-state index contributed by atoms with van der Waals surface area (Å²) in [5.74, 6) is -1.53. The fourth-order valence-corrected chi connectivity index (χ4v) is 2.22. The number of ether oxygens (including phenoxy) is 3. The SMILES string of the molecule is COC(=O)C1=C(C(=O)OC)N(c2ccc(OCC(N)=O)cc2)C=CC=C1. The summed E-state index contributed by atoms with van der Waals surface area (Å²) in [5, 5.41) is 0. The largest absolute Gasteiger partial charge is 0.484 e. The Bertz CT molecular complexity index is 792. The molecule has 1 aromatic carbocycles. The van der Waals surface area contributed by atoms with Crippen LogP contribution in [0.5, 0.6) is 5.75 Å². The third kappa shape index (κ3) is 4.29. The van der Waals surface area contributed by atoms with E-state index < -0.39 is 17.8 Å². The van der Waals surface area contributed by atoms with E-state index in [0.717, 1.165) is 0 Å². The van der Waals surface area contributed by atoms with E-state index in [9.17, 15) is 14.4 Å². The summed E-state index contributed by atoms with van der Waals surface area (Å²) in [6.45, 7) is -0.243. The molecule has 0 radical (unpaired) electrons. The Balaban J connectivity index is 2.43. The zero-order chi connectivity index (χ0) is 19.1. The molecule has 26 heavy (non-hydrogen) atoms. The second-order valence-corrected chi connectivity index (χ2v) is 5.06. The van der Waals surface area contributed by atoms with Crippen LogP contribution in [0, 0.1) is 0 Å². The molecule has 0 unspecified atom stereocenters. The van der Waals surface area contributed by atoms with Crippen LogP contribution in [0.2, 0.25) is 0 Å². The van der Waals surface area contributed by atoms with Gasteiger partial charge < -0.3 is 24.8 Å². The summed E-state index contributed by atoms with van der Waals surface area (Å²) < 4.78 is 14.8. The molecule has 1 aliphatic heterocycles. The number of primary amides is 1. The lowest BCUT2D eigenvalue weighted by molar-refractivity contribution is -0.139. The molecule has 2 N–H and O–H groups in total. The normalized spacial score (nSPS) is 13.2. The van der Waals surface area contributed by atoms with E-state index in [2.05, 4.69) is 0 Å². The fraction of sp³-hybridized carbons (Fsp3) is 0.167. The standard InChI is InChI=1S/C18H18N2O6/c1-24-17(22)14-5-3-4-10-20(16(14)18(23)25-2)12-6-8-13(9-7-12)26-11-15(19)21/h3-10H,11H2,1-2H3,(H2,19,21). The number of hydrogen-bond donors (Lipinski definition) is 1. The minimum Gasteiger partial charge on any atom is -0.484 e. The molecule has 2 rings (SSSR count). The third-order valence-electron chi connectivity index (χ3n) is 3.39. The van der Waals surface area contributed by atoms with Gasteiger partial charge in [-0.3, -0.25) is 4.79 Å². The zero-order valence-corrected chi connectivity index (χ0v) is 14.3. The minimum absolute atomic E-state index is 0.00940. The van der Waals surface area contributed by atoms with Crippen molar-refractivity contribution >= 4 is 23.5 Å². The summed E-state index contributed by atoms with van der Waals surface area (Å²) in [6.07, 6.45) is 6.35. The number of carbonyl (C=O) groups is 3. The van der Waals surface area contributed by atoms with Crippen LogP contribution in [-0.4, -0.2) is 38.7 Å². The number of nitrogens with zero attached hydrogens (tertiary/aromatic N) is 1. The van der Waals surface area contributed by atoms with Crippen LogP contribution < -0.4 is 15.4 Å². The van der Waals surface area contributed by atoms with Gasteiger partial charge in [-0.25, -0.2) is 9.59 Å². The van der Waals surface area contributed by atoms with Gasteiger partial charge in [0, 0.05) is 11.9 Å². The molecular weight excluding hydrogens is 340 g/mol. The average molecular weight is 358 g/mol. The summed E-state index contributed by atoms with van der Waals surface area (Å²) in [7, 11) is 2.45. The second-order valence-electron chi connectivity index (χ2n) is 5.06. The van der Waals surface area contributed by atoms with Gasteiger partial charge in [0.15, 0.2) is 6.61 Å². The molecule has 136 valence electrons. The molecule has 0 bridgehead atoms. The van der Waals surface area contributed by atoms with Gasteiger partial charge in [-0.15, -0.1) is 0 Å². The van der Waals surface area contributed by atoms with Crippen LogP contribution in [0.25, 0.3) is 0 Å². The number of nitrogens with two attached hydrogens (primary N) is 1. The molecule has 0 aromatic heterocycles. The highest BCUT2D eigenvalue weighted by Gasteiger charge is 2.27. The number of rotatable bonds is 6. The molecule has 1 aliphatic rings. The van der Waals surface area contributed by atoms with Crippen LogP contribution in [0.1, 0.15) is 0 Å². The van der Waals surface area contributed by atoms with Crippen molar-refractivity contribution in [1.82, 2.24) is 0 Å². The van der Waals surface area contributed by atoms with Crippen molar-refractivity contribution in [3.8, 4) is 5.75 Å². The van der Waals surface area contributed by atoms with Crippen molar-refractivity contribution in [1.29, 1.82) is 0 Å². The van der Waals surface area contributed by atoms with Gasteiger partial charge in [-0.05, 0) is 36.4 Å². The fourth-order valence-electron chi connectivity index (χ4n) is 2.22. The summed E-state index contributed by atoms with van der Waals surface area (Å²) in [5.41, 5.74) is 5.67. The van der Waals surface area contributed by atoms with Crippen LogP contribution >= 0.6 is 0 Å². The number of carbonyl (C=O) groups excluding carboxylic acids is 3.